The SMILES string of the molecule is Cc1cc(N)ccc1/N=N/c1ccc(/N=N/c2nccs2)cc1. The molecule has 0 amide bonds. The highest BCUT2D eigenvalue weighted by molar-refractivity contribution is 7.13. The zero-order valence-electron chi connectivity index (χ0n) is 12.4. The Balaban J connectivity index is 1.71. The van der Waals surface area contributed by atoms with Crippen molar-refractivity contribution in [3.8, 4) is 0 Å². The van der Waals surface area contributed by atoms with Crippen molar-refractivity contribution in [2.24, 2.45) is 20.5 Å². The van der Waals surface area contributed by atoms with Gasteiger partial charge in [0, 0.05) is 17.3 Å². The summed E-state index contributed by atoms with van der Waals surface area (Å²) < 4.78 is 0. The number of rotatable bonds is 4. The molecule has 1 heterocycles. The Morgan fingerprint density at radius 2 is 1.61 bits per heavy atom. The highest BCUT2D eigenvalue weighted by atomic mass is 32.1. The van der Waals surface area contributed by atoms with Crippen LogP contribution in [0.2, 0.25) is 0 Å². The number of nitrogens with two attached hydrogens (primary N) is 1. The van der Waals surface area contributed by atoms with E-state index in [1.807, 2.05) is 54.8 Å². The van der Waals surface area contributed by atoms with Gasteiger partial charge in [-0.15, -0.1) is 21.6 Å². The zero-order chi connectivity index (χ0) is 16.1. The monoisotopic (exact) mass is 322 g/mol. The third kappa shape index (κ3) is 4.04. The van der Waals surface area contributed by atoms with Gasteiger partial charge < -0.3 is 5.73 Å². The third-order valence-electron chi connectivity index (χ3n) is 3.01. The first-order valence-electron chi connectivity index (χ1n) is 6.90. The lowest BCUT2D eigenvalue weighted by Gasteiger charge is -2.00. The smallest absolute Gasteiger partial charge is 0.229 e. The highest BCUT2D eigenvalue weighted by Gasteiger charge is 1.98. The normalized spacial score (nSPS) is 11.5. The molecule has 0 bridgehead atoms. The van der Waals surface area contributed by atoms with Crippen molar-refractivity contribution in [2.45, 2.75) is 6.92 Å². The predicted molar refractivity (Wildman–Crippen MR) is 92.5 cm³/mol. The summed E-state index contributed by atoms with van der Waals surface area (Å²) in [5.41, 5.74) is 9.71. The fourth-order valence-corrected chi connectivity index (χ4v) is 2.31. The molecule has 0 aliphatic rings. The maximum Gasteiger partial charge on any atom is 0.229 e. The molecule has 3 rings (SSSR count). The van der Waals surface area contributed by atoms with Gasteiger partial charge in [-0.2, -0.15) is 10.2 Å². The average molecular weight is 322 g/mol. The topological polar surface area (TPSA) is 88.3 Å². The van der Waals surface area contributed by atoms with Crippen molar-refractivity contribution >= 4 is 39.2 Å². The summed E-state index contributed by atoms with van der Waals surface area (Å²) in [6, 6.07) is 12.9. The molecule has 7 heteroatoms. The number of benzene rings is 2. The van der Waals surface area contributed by atoms with Crippen molar-refractivity contribution in [1.29, 1.82) is 0 Å². The summed E-state index contributed by atoms with van der Waals surface area (Å²) in [5, 5.41) is 19.1. The first-order chi connectivity index (χ1) is 11.2. The molecule has 3 aromatic rings. The number of hydrogen-bond acceptors (Lipinski definition) is 7. The van der Waals surface area contributed by atoms with Gasteiger partial charge in [-0.05, 0) is 55.0 Å². The van der Waals surface area contributed by atoms with E-state index in [-0.39, 0.29) is 0 Å². The molecule has 0 atom stereocenters. The minimum absolute atomic E-state index is 0.632. The van der Waals surface area contributed by atoms with Crippen LogP contribution in [-0.4, -0.2) is 4.98 Å². The number of azo groups is 2. The lowest BCUT2D eigenvalue weighted by atomic mass is 10.2. The van der Waals surface area contributed by atoms with Gasteiger partial charge in [0.25, 0.3) is 0 Å². The van der Waals surface area contributed by atoms with Gasteiger partial charge in [0.1, 0.15) is 0 Å². The molecule has 2 N–H and O–H groups in total. The Morgan fingerprint density at radius 1 is 0.913 bits per heavy atom. The van der Waals surface area contributed by atoms with Gasteiger partial charge in [0.2, 0.25) is 5.13 Å². The van der Waals surface area contributed by atoms with Gasteiger partial charge in [-0.25, -0.2) is 4.98 Å². The first-order valence-corrected chi connectivity index (χ1v) is 7.78. The minimum atomic E-state index is 0.632. The summed E-state index contributed by atoms with van der Waals surface area (Å²) in [5.74, 6) is 0. The summed E-state index contributed by atoms with van der Waals surface area (Å²) in [6.07, 6.45) is 1.70. The van der Waals surface area contributed by atoms with E-state index >= 15 is 0 Å². The minimum Gasteiger partial charge on any atom is -0.399 e. The van der Waals surface area contributed by atoms with Crippen LogP contribution >= 0.6 is 11.3 Å². The van der Waals surface area contributed by atoms with Gasteiger partial charge in [-0.3, -0.25) is 0 Å². The molecule has 0 aliphatic carbocycles. The molecule has 23 heavy (non-hydrogen) atoms. The quantitative estimate of drug-likeness (QED) is 0.481. The molecule has 6 nitrogen and oxygen atoms in total. The van der Waals surface area contributed by atoms with E-state index in [1.54, 1.807) is 6.20 Å². The molecule has 1 aromatic heterocycles. The number of thiazole rings is 1. The fourth-order valence-electron chi connectivity index (χ4n) is 1.85. The van der Waals surface area contributed by atoms with E-state index in [0.717, 1.165) is 28.3 Å². The first kappa shape index (κ1) is 15.0. The van der Waals surface area contributed by atoms with Crippen LogP contribution in [0, 0.1) is 6.92 Å². The molecule has 0 saturated heterocycles. The Bertz CT molecular complexity index is 838. The molecule has 0 aliphatic heterocycles. The van der Waals surface area contributed by atoms with Crippen molar-refractivity contribution < 1.29 is 0 Å². The van der Waals surface area contributed by atoms with Crippen LogP contribution < -0.4 is 5.73 Å². The second kappa shape index (κ2) is 6.89. The molecule has 0 spiro atoms. The number of nitrogen functional groups attached to an aromatic ring is 1. The van der Waals surface area contributed by atoms with E-state index in [4.69, 9.17) is 5.73 Å². The summed E-state index contributed by atoms with van der Waals surface area (Å²) in [6.45, 7) is 1.95. The molecule has 2 aromatic carbocycles. The molecular formula is C16H14N6S. The van der Waals surface area contributed by atoms with Crippen LogP contribution in [0.25, 0.3) is 0 Å². The van der Waals surface area contributed by atoms with Crippen molar-refractivity contribution in [3.63, 3.8) is 0 Å². The second-order valence-corrected chi connectivity index (χ2v) is 5.65. The number of aryl methyl sites for hydroxylation is 1. The Morgan fingerprint density at radius 3 is 2.22 bits per heavy atom. The van der Waals surface area contributed by atoms with E-state index in [9.17, 15) is 0 Å². The van der Waals surface area contributed by atoms with Crippen LogP contribution in [0.1, 0.15) is 5.56 Å². The summed E-state index contributed by atoms with van der Waals surface area (Å²) >= 11 is 1.44. The summed E-state index contributed by atoms with van der Waals surface area (Å²) in [7, 11) is 0. The fraction of sp³-hybridized carbons (Fsp3) is 0.0625. The highest BCUT2D eigenvalue weighted by Crippen LogP contribution is 2.26. The van der Waals surface area contributed by atoms with Crippen LogP contribution in [0.15, 0.2) is 74.5 Å². The molecule has 0 unspecified atom stereocenters. The Kier molecular flexibility index (Phi) is 4.49. The average Bonchev–Trinajstić information content (AvgIpc) is 3.07. The molecule has 0 radical (unpaired) electrons. The standard InChI is InChI=1S/C16H14N6S/c1-11-10-12(17)2-7-15(11)21-19-13-3-5-14(6-4-13)20-22-16-18-8-9-23-16/h2-10H,17H2,1H3/b21-19+,22-20+. The zero-order valence-corrected chi connectivity index (χ0v) is 13.2. The van der Waals surface area contributed by atoms with Crippen LogP contribution in [-0.2, 0) is 0 Å². The number of anilines is 1. The maximum atomic E-state index is 5.72. The third-order valence-corrected chi connectivity index (χ3v) is 3.67. The second-order valence-electron chi connectivity index (χ2n) is 4.78. The van der Waals surface area contributed by atoms with E-state index in [1.165, 1.54) is 11.3 Å². The summed E-state index contributed by atoms with van der Waals surface area (Å²) in [4.78, 5) is 4.04. The van der Waals surface area contributed by atoms with Gasteiger partial charge in [0.05, 0.1) is 17.1 Å². The van der Waals surface area contributed by atoms with Crippen molar-refractivity contribution in [1.82, 2.24) is 4.98 Å². The molecule has 114 valence electrons. The number of nitrogens with zero attached hydrogens (tertiary/aromatic N) is 5. The van der Waals surface area contributed by atoms with Crippen molar-refractivity contribution in [2.75, 3.05) is 5.73 Å². The van der Waals surface area contributed by atoms with Gasteiger partial charge in [-0.1, -0.05) is 0 Å². The number of hydrogen-bond donors (Lipinski definition) is 1. The lowest BCUT2D eigenvalue weighted by molar-refractivity contribution is 1.19. The molecule has 0 saturated carbocycles. The van der Waals surface area contributed by atoms with Crippen molar-refractivity contribution in [3.05, 3.63) is 59.6 Å². The largest absolute Gasteiger partial charge is 0.399 e. The lowest BCUT2D eigenvalue weighted by Crippen LogP contribution is -1.84. The molecular weight excluding hydrogens is 308 g/mol. The predicted octanol–water partition coefficient (Wildman–Crippen LogP) is 5.86. The van der Waals surface area contributed by atoms with E-state index in [2.05, 4.69) is 25.4 Å². The van der Waals surface area contributed by atoms with Crippen LogP contribution in [0.5, 0.6) is 0 Å². The van der Waals surface area contributed by atoms with E-state index in [0.29, 0.717) is 5.13 Å². The Hall–Kier alpha value is -2.93. The molecule has 0 fully saturated rings. The Labute approximate surface area is 137 Å². The van der Waals surface area contributed by atoms with Gasteiger partial charge >= 0.3 is 0 Å². The van der Waals surface area contributed by atoms with E-state index < -0.39 is 0 Å². The van der Waals surface area contributed by atoms with Gasteiger partial charge in [0.15, 0.2) is 0 Å². The maximum absolute atomic E-state index is 5.72. The number of aromatic nitrogens is 1. The van der Waals surface area contributed by atoms with Crippen LogP contribution in [0.4, 0.5) is 27.9 Å². The van der Waals surface area contributed by atoms with Crippen LogP contribution in [0.3, 0.4) is 0 Å².